The quantitative estimate of drug-likeness (QED) is 0.789. The Kier molecular flexibility index (Phi) is 4.54. The van der Waals surface area contributed by atoms with E-state index in [4.69, 9.17) is 4.74 Å². The summed E-state index contributed by atoms with van der Waals surface area (Å²) < 4.78 is 7.48. The van der Waals surface area contributed by atoms with Crippen LogP contribution in [0.4, 0.5) is 0 Å². The highest BCUT2D eigenvalue weighted by Gasteiger charge is 2.21. The first-order valence-electron chi connectivity index (χ1n) is 8.77. The van der Waals surface area contributed by atoms with Crippen molar-refractivity contribution in [3.63, 3.8) is 0 Å². The van der Waals surface area contributed by atoms with Crippen LogP contribution in [0.15, 0.2) is 60.7 Å². The summed E-state index contributed by atoms with van der Waals surface area (Å²) in [5, 5.41) is 7.43. The summed E-state index contributed by atoms with van der Waals surface area (Å²) in [4.78, 5) is 12.6. The van der Waals surface area contributed by atoms with Crippen LogP contribution in [0.2, 0.25) is 0 Å². The van der Waals surface area contributed by atoms with Crippen LogP contribution < -0.4 is 5.32 Å². The molecular formula is C21H21N3O2. The van der Waals surface area contributed by atoms with Gasteiger partial charge in [0, 0.05) is 25.6 Å². The molecule has 3 aromatic rings. The van der Waals surface area contributed by atoms with E-state index in [0.29, 0.717) is 18.8 Å². The Hall–Kier alpha value is -2.92. The van der Waals surface area contributed by atoms with Crippen molar-refractivity contribution in [2.75, 3.05) is 6.54 Å². The molecule has 0 fully saturated rings. The first-order chi connectivity index (χ1) is 12.7. The van der Waals surface area contributed by atoms with E-state index in [2.05, 4.69) is 22.5 Å². The van der Waals surface area contributed by atoms with E-state index in [1.807, 2.05) is 48.5 Å². The first-order valence-corrected chi connectivity index (χ1v) is 8.77. The van der Waals surface area contributed by atoms with Crippen LogP contribution in [0.1, 0.15) is 21.6 Å². The van der Waals surface area contributed by atoms with Crippen molar-refractivity contribution in [2.45, 2.75) is 19.1 Å². The molecule has 2 aromatic carbocycles. The Morgan fingerprint density at radius 3 is 2.69 bits per heavy atom. The van der Waals surface area contributed by atoms with E-state index in [-0.39, 0.29) is 12.0 Å². The van der Waals surface area contributed by atoms with Gasteiger partial charge in [0.2, 0.25) is 0 Å². The minimum Gasteiger partial charge on any atom is -0.371 e. The molecule has 1 amide bonds. The van der Waals surface area contributed by atoms with Crippen LogP contribution in [0, 0.1) is 0 Å². The number of aromatic nitrogens is 2. The summed E-state index contributed by atoms with van der Waals surface area (Å²) in [6, 6.07) is 19.9. The second-order valence-electron chi connectivity index (χ2n) is 6.52. The summed E-state index contributed by atoms with van der Waals surface area (Å²) in [5.74, 6) is -0.135. The molecule has 1 aromatic heterocycles. The fraction of sp³-hybridized carbons (Fsp3) is 0.238. The Bertz CT molecular complexity index is 918. The second-order valence-corrected chi connectivity index (χ2v) is 6.52. The van der Waals surface area contributed by atoms with Crippen molar-refractivity contribution in [2.24, 2.45) is 7.05 Å². The van der Waals surface area contributed by atoms with Gasteiger partial charge in [0.25, 0.3) is 5.91 Å². The second kappa shape index (κ2) is 7.14. The Balaban J connectivity index is 1.41. The van der Waals surface area contributed by atoms with Gasteiger partial charge in [-0.05, 0) is 17.2 Å². The predicted octanol–water partition coefficient (Wildman–Crippen LogP) is 2.96. The number of fused-ring (bicyclic) bond motifs is 1. The molecule has 0 aliphatic carbocycles. The van der Waals surface area contributed by atoms with Gasteiger partial charge < -0.3 is 10.1 Å². The molecule has 4 rings (SSSR count). The van der Waals surface area contributed by atoms with Crippen molar-refractivity contribution in [1.82, 2.24) is 15.1 Å². The molecule has 1 atom stereocenters. The third kappa shape index (κ3) is 3.39. The lowest BCUT2D eigenvalue weighted by Gasteiger charge is -2.25. The number of hydrogen-bond acceptors (Lipinski definition) is 3. The van der Waals surface area contributed by atoms with Gasteiger partial charge in [-0.1, -0.05) is 54.6 Å². The van der Waals surface area contributed by atoms with Crippen molar-refractivity contribution >= 4 is 5.91 Å². The fourth-order valence-corrected chi connectivity index (χ4v) is 3.27. The SMILES string of the molecule is Cn1nc(-c2ccccc2)cc1C(=O)NCC1Cc2ccccc2CO1. The maximum atomic E-state index is 12.6. The van der Waals surface area contributed by atoms with Crippen LogP contribution in [0.3, 0.4) is 0 Å². The van der Waals surface area contributed by atoms with Gasteiger partial charge in [-0.2, -0.15) is 5.10 Å². The summed E-state index contributed by atoms with van der Waals surface area (Å²) >= 11 is 0. The zero-order valence-corrected chi connectivity index (χ0v) is 14.7. The van der Waals surface area contributed by atoms with Crippen molar-refractivity contribution < 1.29 is 9.53 Å². The molecule has 2 heterocycles. The number of nitrogens with zero attached hydrogens (tertiary/aromatic N) is 2. The monoisotopic (exact) mass is 347 g/mol. The molecule has 1 N–H and O–H groups in total. The van der Waals surface area contributed by atoms with Gasteiger partial charge in [0.1, 0.15) is 5.69 Å². The minimum atomic E-state index is -0.135. The number of nitrogens with one attached hydrogen (secondary N) is 1. The van der Waals surface area contributed by atoms with Crippen LogP contribution in [0.5, 0.6) is 0 Å². The maximum absolute atomic E-state index is 12.6. The standard InChI is InChI=1S/C21H21N3O2/c1-24-20(12-19(23-24)15-7-3-2-4-8-15)21(25)22-13-18-11-16-9-5-6-10-17(16)14-26-18/h2-10,12,18H,11,13-14H2,1H3,(H,22,25). The van der Waals surface area contributed by atoms with E-state index >= 15 is 0 Å². The minimum absolute atomic E-state index is 0.00401. The maximum Gasteiger partial charge on any atom is 0.269 e. The number of benzene rings is 2. The molecule has 1 aliphatic heterocycles. The summed E-state index contributed by atoms with van der Waals surface area (Å²) in [6.45, 7) is 1.08. The molecule has 1 aliphatic rings. The molecule has 5 heteroatoms. The predicted molar refractivity (Wildman–Crippen MR) is 99.7 cm³/mol. The van der Waals surface area contributed by atoms with Gasteiger partial charge >= 0.3 is 0 Å². The Morgan fingerprint density at radius 1 is 1.15 bits per heavy atom. The molecule has 0 radical (unpaired) electrons. The average molecular weight is 347 g/mol. The average Bonchev–Trinajstić information content (AvgIpc) is 3.08. The molecule has 0 saturated carbocycles. The highest BCUT2D eigenvalue weighted by Crippen LogP contribution is 2.20. The lowest BCUT2D eigenvalue weighted by atomic mass is 9.99. The molecule has 0 bridgehead atoms. The third-order valence-electron chi connectivity index (χ3n) is 4.71. The van der Waals surface area contributed by atoms with Crippen LogP contribution >= 0.6 is 0 Å². The van der Waals surface area contributed by atoms with E-state index in [0.717, 1.165) is 17.7 Å². The van der Waals surface area contributed by atoms with Gasteiger partial charge in [-0.3, -0.25) is 9.48 Å². The lowest BCUT2D eigenvalue weighted by molar-refractivity contribution is 0.0284. The Labute approximate surface area is 152 Å². The van der Waals surface area contributed by atoms with Crippen LogP contribution in [-0.4, -0.2) is 28.3 Å². The van der Waals surface area contributed by atoms with E-state index < -0.39 is 0 Å². The Morgan fingerprint density at radius 2 is 1.88 bits per heavy atom. The molecule has 0 saturated heterocycles. The van der Waals surface area contributed by atoms with E-state index in [9.17, 15) is 4.79 Å². The van der Waals surface area contributed by atoms with Gasteiger partial charge in [-0.15, -0.1) is 0 Å². The number of rotatable bonds is 4. The van der Waals surface area contributed by atoms with Gasteiger partial charge in [0.15, 0.2) is 0 Å². The highest BCUT2D eigenvalue weighted by atomic mass is 16.5. The highest BCUT2D eigenvalue weighted by molar-refractivity contribution is 5.93. The van der Waals surface area contributed by atoms with Crippen molar-refractivity contribution in [1.29, 1.82) is 0 Å². The molecule has 26 heavy (non-hydrogen) atoms. The molecule has 132 valence electrons. The molecule has 0 spiro atoms. The fourth-order valence-electron chi connectivity index (χ4n) is 3.27. The van der Waals surface area contributed by atoms with Gasteiger partial charge in [-0.25, -0.2) is 0 Å². The molecule has 1 unspecified atom stereocenters. The number of carbonyl (C=O) groups is 1. The van der Waals surface area contributed by atoms with E-state index in [1.165, 1.54) is 11.1 Å². The summed E-state index contributed by atoms with van der Waals surface area (Å²) in [6.07, 6.45) is 0.813. The largest absolute Gasteiger partial charge is 0.371 e. The number of ether oxygens (including phenoxy) is 1. The van der Waals surface area contributed by atoms with Crippen LogP contribution in [0.25, 0.3) is 11.3 Å². The zero-order valence-electron chi connectivity index (χ0n) is 14.7. The van der Waals surface area contributed by atoms with E-state index in [1.54, 1.807) is 11.7 Å². The van der Waals surface area contributed by atoms with Gasteiger partial charge in [0.05, 0.1) is 18.4 Å². The first kappa shape index (κ1) is 16.5. The number of hydrogen-bond donors (Lipinski definition) is 1. The van der Waals surface area contributed by atoms with Crippen LogP contribution in [-0.2, 0) is 24.8 Å². The molecular weight excluding hydrogens is 326 g/mol. The van der Waals surface area contributed by atoms with Crippen molar-refractivity contribution in [3.05, 3.63) is 77.5 Å². The summed E-state index contributed by atoms with van der Waals surface area (Å²) in [7, 11) is 1.79. The summed E-state index contributed by atoms with van der Waals surface area (Å²) in [5.41, 5.74) is 4.86. The smallest absolute Gasteiger partial charge is 0.269 e. The number of aryl methyl sites for hydroxylation is 1. The number of amides is 1. The lowest BCUT2D eigenvalue weighted by Crippen LogP contribution is -2.37. The normalized spacial score (nSPS) is 16.1. The number of carbonyl (C=O) groups excluding carboxylic acids is 1. The zero-order chi connectivity index (χ0) is 17.9. The topological polar surface area (TPSA) is 56.2 Å². The molecule has 5 nitrogen and oxygen atoms in total. The van der Waals surface area contributed by atoms with Crippen molar-refractivity contribution in [3.8, 4) is 11.3 Å². The third-order valence-corrected chi connectivity index (χ3v) is 4.71.